The van der Waals surface area contributed by atoms with Gasteiger partial charge in [0, 0.05) is 19.6 Å². The molecular weight excluding hydrogens is 434 g/mol. The number of carboxylic acids is 1. The van der Waals surface area contributed by atoms with Gasteiger partial charge in [-0.25, -0.2) is 0 Å². The quantitative estimate of drug-likeness (QED) is 0.386. The molecule has 4 rings (SSSR count). The van der Waals surface area contributed by atoms with E-state index in [1.807, 2.05) is 24.3 Å². The van der Waals surface area contributed by atoms with E-state index in [0.29, 0.717) is 6.61 Å². The van der Waals surface area contributed by atoms with Crippen LogP contribution >= 0.6 is 0 Å². The molecule has 1 aliphatic rings. The van der Waals surface area contributed by atoms with Crippen molar-refractivity contribution in [2.75, 3.05) is 13.1 Å². The van der Waals surface area contributed by atoms with Crippen molar-refractivity contribution in [3.63, 3.8) is 0 Å². The fourth-order valence-corrected chi connectivity index (χ4v) is 4.33. The normalized spacial score (nSPS) is 14.4. The van der Waals surface area contributed by atoms with Crippen molar-refractivity contribution in [3.05, 3.63) is 107 Å². The lowest BCUT2D eigenvalue weighted by atomic mass is 9.96. The van der Waals surface area contributed by atoms with E-state index in [1.54, 1.807) is 6.92 Å². The lowest BCUT2D eigenvalue weighted by molar-refractivity contribution is -0.137. The van der Waals surface area contributed by atoms with Gasteiger partial charge in [0.1, 0.15) is 12.4 Å². The van der Waals surface area contributed by atoms with Gasteiger partial charge >= 0.3 is 5.97 Å². The standard InChI is InChI=1S/C31H31NO3/c1-2-6-29(21-31(33)34)27-13-15-30(16-14-27)35-23-25-11-9-24(10-12-25)22-32-19-17-28(18-20-32)26-7-4-3-5-8-26/h3-5,7-17,29H,18-23H2,1H3,(H,33,34)/t29-/m0/s1. The molecule has 4 nitrogen and oxygen atoms in total. The van der Waals surface area contributed by atoms with Crippen LogP contribution in [0.3, 0.4) is 0 Å². The van der Waals surface area contributed by atoms with Crippen LogP contribution in [0.1, 0.15) is 47.9 Å². The number of ether oxygens (including phenoxy) is 1. The zero-order valence-corrected chi connectivity index (χ0v) is 20.1. The molecule has 0 saturated carbocycles. The Morgan fingerprint density at radius 3 is 2.34 bits per heavy atom. The number of hydrogen-bond donors (Lipinski definition) is 1. The molecule has 0 radical (unpaired) electrons. The smallest absolute Gasteiger partial charge is 0.304 e. The Kier molecular flexibility index (Phi) is 8.38. The lowest BCUT2D eigenvalue weighted by Gasteiger charge is -2.26. The molecule has 4 heteroatoms. The van der Waals surface area contributed by atoms with Crippen molar-refractivity contribution in [3.8, 4) is 17.6 Å². The topological polar surface area (TPSA) is 49.8 Å². The first-order valence-electron chi connectivity index (χ1n) is 12.0. The maximum atomic E-state index is 11.1. The number of hydrogen-bond acceptors (Lipinski definition) is 3. The molecule has 0 amide bonds. The third-order valence-electron chi connectivity index (χ3n) is 6.25. The predicted molar refractivity (Wildman–Crippen MR) is 140 cm³/mol. The van der Waals surface area contributed by atoms with Crippen molar-refractivity contribution in [2.24, 2.45) is 0 Å². The summed E-state index contributed by atoms with van der Waals surface area (Å²) in [6, 6.07) is 26.8. The maximum Gasteiger partial charge on any atom is 0.304 e. The van der Waals surface area contributed by atoms with Gasteiger partial charge in [-0.15, -0.1) is 5.92 Å². The summed E-state index contributed by atoms with van der Waals surface area (Å²) >= 11 is 0. The van der Waals surface area contributed by atoms with Gasteiger partial charge < -0.3 is 9.84 Å². The molecule has 0 fully saturated rings. The predicted octanol–water partition coefficient (Wildman–Crippen LogP) is 6.14. The number of aliphatic carboxylic acids is 1. The molecule has 35 heavy (non-hydrogen) atoms. The second-order valence-electron chi connectivity index (χ2n) is 8.80. The number of carboxylic acid groups (broad SMARTS) is 1. The van der Waals surface area contributed by atoms with Gasteiger partial charge in [0.05, 0.1) is 12.3 Å². The second-order valence-corrected chi connectivity index (χ2v) is 8.80. The SMILES string of the molecule is CC#C[C@@H](CC(=O)O)c1ccc(OCc2ccc(CN3CC=C(c4ccccc4)CC3)cc2)cc1. The van der Waals surface area contributed by atoms with Crippen molar-refractivity contribution >= 4 is 11.5 Å². The summed E-state index contributed by atoms with van der Waals surface area (Å²) in [7, 11) is 0. The van der Waals surface area contributed by atoms with Crippen molar-refractivity contribution in [2.45, 2.75) is 38.8 Å². The van der Waals surface area contributed by atoms with E-state index in [0.717, 1.165) is 42.9 Å². The zero-order valence-electron chi connectivity index (χ0n) is 20.1. The minimum atomic E-state index is -0.852. The summed E-state index contributed by atoms with van der Waals surface area (Å²) in [4.78, 5) is 13.6. The van der Waals surface area contributed by atoms with E-state index in [1.165, 1.54) is 16.7 Å². The molecule has 1 N–H and O–H groups in total. The third kappa shape index (κ3) is 7.09. The highest BCUT2D eigenvalue weighted by molar-refractivity contribution is 5.69. The molecule has 1 heterocycles. The summed E-state index contributed by atoms with van der Waals surface area (Å²) in [5.74, 6) is 5.39. The van der Waals surface area contributed by atoms with Crippen LogP contribution in [0.25, 0.3) is 5.57 Å². The fourth-order valence-electron chi connectivity index (χ4n) is 4.33. The van der Waals surface area contributed by atoms with Gasteiger partial charge in [-0.05, 0) is 53.3 Å². The monoisotopic (exact) mass is 465 g/mol. The molecule has 1 atom stereocenters. The molecule has 178 valence electrons. The molecule has 0 unspecified atom stereocenters. The molecule has 0 saturated heterocycles. The fraction of sp³-hybridized carbons (Fsp3) is 0.258. The van der Waals surface area contributed by atoms with Crippen LogP contribution in [-0.4, -0.2) is 29.1 Å². The lowest BCUT2D eigenvalue weighted by Crippen LogP contribution is -2.28. The van der Waals surface area contributed by atoms with E-state index in [2.05, 4.69) is 77.4 Å². The van der Waals surface area contributed by atoms with Crippen molar-refractivity contribution in [1.82, 2.24) is 4.90 Å². The van der Waals surface area contributed by atoms with Gasteiger partial charge in [-0.1, -0.05) is 78.7 Å². The summed E-state index contributed by atoms with van der Waals surface area (Å²) in [5.41, 5.74) is 6.08. The van der Waals surface area contributed by atoms with Crippen LogP contribution in [0.15, 0.2) is 84.9 Å². The average molecular weight is 466 g/mol. The third-order valence-corrected chi connectivity index (χ3v) is 6.25. The highest BCUT2D eigenvalue weighted by Crippen LogP contribution is 2.24. The molecule has 1 aliphatic heterocycles. The van der Waals surface area contributed by atoms with Gasteiger partial charge in [0.2, 0.25) is 0 Å². The Morgan fingerprint density at radius 1 is 1.00 bits per heavy atom. The van der Waals surface area contributed by atoms with Gasteiger partial charge in [-0.2, -0.15) is 0 Å². The van der Waals surface area contributed by atoms with Crippen LogP contribution in [-0.2, 0) is 17.9 Å². The average Bonchev–Trinajstić information content (AvgIpc) is 2.89. The van der Waals surface area contributed by atoms with Gasteiger partial charge in [-0.3, -0.25) is 9.69 Å². The van der Waals surface area contributed by atoms with Crippen LogP contribution in [0.4, 0.5) is 0 Å². The van der Waals surface area contributed by atoms with E-state index in [-0.39, 0.29) is 12.3 Å². The Balaban J connectivity index is 1.27. The Morgan fingerprint density at radius 2 is 1.71 bits per heavy atom. The van der Waals surface area contributed by atoms with Crippen LogP contribution in [0.2, 0.25) is 0 Å². The summed E-state index contributed by atoms with van der Waals surface area (Å²) in [6.45, 7) is 5.20. The molecule has 0 aromatic heterocycles. The first kappa shape index (κ1) is 24.3. The first-order valence-corrected chi connectivity index (χ1v) is 12.0. The molecule has 0 bridgehead atoms. The molecule has 0 aliphatic carbocycles. The Hall–Kier alpha value is -3.81. The van der Waals surface area contributed by atoms with E-state index in [9.17, 15) is 4.79 Å². The van der Waals surface area contributed by atoms with Gasteiger partial charge in [0.25, 0.3) is 0 Å². The van der Waals surface area contributed by atoms with Gasteiger partial charge in [0.15, 0.2) is 0 Å². The summed E-state index contributed by atoms with van der Waals surface area (Å²) in [6.07, 6.45) is 3.43. The molecule has 0 spiro atoms. The highest BCUT2D eigenvalue weighted by atomic mass is 16.5. The largest absolute Gasteiger partial charge is 0.489 e. The summed E-state index contributed by atoms with van der Waals surface area (Å²) < 4.78 is 5.94. The van der Waals surface area contributed by atoms with Crippen LogP contribution < -0.4 is 4.74 Å². The van der Waals surface area contributed by atoms with Crippen molar-refractivity contribution in [1.29, 1.82) is 0 Å². The van der Waals surface area contributed by atoms with E-state index < -0.39 is 5.97 Å². The van der Waals surface area contributed by atoms with E-state index >= 15 is 0 Å². The molecule has 3 aromatic carbocycles. The number of nitrogens with zero attached hydrogens (tertiary/aromatic N) is 1. The summed E-state index contributed by atoms with van der Waals surface area (Å²) in [5, 5.41) is 9.10. The minimum Gasteiger partial charge on any atom is -0.489 e. The highest BCUT2D eigenvalue weighted by Gasteiger charge is 2.14. The number of carbonyl (C=O) groups is 1. The Labute approximate surface area is 207 Å². The molecule has 3 aromatic rings. The first-order chi connectivity index (χ1) is 17.1. The minimum absolute atomic E-state index is 0.00467. The van der Waals surface area contributed by atoms with Crippen molar-refractivity contribution < 1.29 is 14.6 Å². The van der Waals surface area contributed by atoms with E-state index in [4.69, 9.17) is 9.84 Å². The number of benzene rings is 3. The van der Waals surface area contributed by atoms with Crippen LogP contribution in [0.5, 0.6) is 5.75 Å². The maximum absolute atomic E-state index is 11.1. The zero-order chi connectivity index (χ0) is 24.5. The number of rotatable bonds is 9. The van der Waals surface area contributed by atoms with Crippen LogP contribution in [0, 0.1) is 11.8 Å². The molecular formula is C31H31NO3. The Bertz CT molecular complexity index is 1200. The second kappa shape index (κ2) is 12.1.